The minimum absolute atomic E-state index is 0.101. The maximum Gasteiger partial charge on any atom is 0.0949 e. The van der Waals surface area contributed by atoms with Crippen molar-refractivity contribution in [2.75, 3.05) is 19.7 Å². The fourth-order valence-corrected chi connectivity index (χ4v) is 1.62. The summed E-state index contributed by atoms with van der Waals surface area (Å²) in [6.07, 6.45) is 0.163. The quantitative estimate of drug-likeness (QED) is 0.731. The first kappa shape index (κ1) is 9.65. The molecule has 14 heavy (non-hydrogen) atoms. The van der Waals surface area contributed by atoms with Gasteiger partial charge in [0.1, 0.15) is 0 Å². The fourth-order valence-electron chi connectivity index (χ4n) is 1.62. The molecule has 0 radical (unpaired) electrons. The predicted molar refractivity (Wildman–Crippen MR) is 53.9 cm³/mol. The van der Waals surface area contributed by atoms with E-state index in [1.54, 1.807) is 0 Å². The van der Waals surface area contributed by atoms with Crippen molar-refractivity contribution in [3.8, 4) is 0 Å². The first-order valence-corrected chi connectivity index (χ1v) is 4.92. The van der Waals surface area contributed by atoms with Crippen LogP contribution in [-0.2, 0) is 11.3 Å². The van der Waals surface area contributed by atoms with Crippen LogP contribution >= 0.6 is 0 Å². The second-order valence-corrected chi connectivity index (χ2v) is 3.46. The summed E-state index contributed by atoms with van der Waals surface area (Å²) in [5, 5.41) is 12.2. The molecule has 1 unspecified atom stereocenters. The van der Waals surface area contributed by atoms with Gasteiger partial charge in [-0.1, -0.05) is 24.3 Å². The summed E-state index contributed by atoms with van der Waals surface area (Å²) in [6.45, 7) is 2.68. The summed E-state index contributed by atoms with van der Waals surface area (Å²) in [5.74, 6) is 0. The van der Waals surface area contributed by atoms with Crippen molar-refractivity contribution in [1.29, 1.82) is 0 Å². The molecule has 0 amide bonds. The van der Waals surface area contributed by atoms with Crippen LogP contribution in [-0.4, -0.2) is 24.8 Å². The zero-order chi connectivity index (χ0) is 9.80. The van der Waals surface area contributed by atoms with Crippen molar-refractivity contribution >= 4 is 0 Å². The molecule has 1 aromatic rings. The van der Waals surface area contributed by atoms with Gasteiger partial charge in [-0.3, -0.25) is 0 Å². The topological polar surface area (TPSA) is 41.5 Å². The lowest BCUT2D eigenvalue weighted by atomic mass is 10.1. The molecule has 1 saturated heterocycles. The highest BCUT2D eigenvalue weighted by Crippen LogP contribution is 2.18. The lowest BCUT2D eigenvalue weighted by Gasteiger charge is -2.23. The van der Waals surface area contributed by atoms with Gasteiger partial charge in [0.05, 0.1) is 19.3 Å². The Kier molecular flexibility index (Phi) is 3.14. The molecule has 2 N–H and O–H groups in total. The maximum absolute atomic E-state index is 8.90. The van der Waals surface area contributed by atoms with E-state index in [0.29, 0.717) is 0 Å². The van der Waals surface area contributed by atoms with E-state index >= 15 is 0 Å². The molecule has 1 aliphatic heterocycles. The molecule has 3 nitrogen and oxygen atoms in total. The van der Waals surface area contributed by atoms with Crippen molar-refractivity contribution < 1.29 is 9.84 Å². The molecule has 2 rings (SSSR count). The number of ether oxygens (including phenoxy) is 1. The minimum atomic E-state index is 0.101. The van der Waals surface area contributed by atoms with Crippen LogP contribution in [0.5, 0.6) is 0 Å². The third-order valence-corrected chi connectivity index (χ3v) is 2.46. The molecule has 0 saturated carbocycles. The molecular weight excluding hydrogens is 178 g/mol. The molecule has 1 aliphatic rings. The van der Waals surface area contributed by atoms with Crippen LogP contribution in [0.25, 0.3) is 0 Å². The summed E-state index contributed by atoms with van der Waals surface area (Å²) in [5.41, 5.74) is 2.12. The Bertz CT molecular complexity index is 278. The van der Waals surface area contributed by atoms with Crippen molar-refractivity contribution in [2.45, 2.75) is 12.7 Å². The maximum atomic E-state index is 8.90. The fraction of sp³-hybridized carbons (Fsp3) is 0.455. The molecule has 1 heterocycles. The molecule has 1 fully saturated rings. The number of hydrogen-bond donors (Lipinski definition) is 2. The smallest absolute Gasteiger partial charge is 0.0949 e. The monoisotopic (exact) mass is 193 g/mol. The Morgan fingerprint density at radius 1 is 1.36 bits per heavy atom. The van der Waals surface area contributed by atoms with E-state index in [1.165, 1.54) is 5.56 Å². The summed E-state index contributed by atoms with van der Waals surface area (Å²) in [7, 11) is 0. The second-order valence-electron chi connectivity index (χ2n) is 3.46. The molecule has 0 aliphatic carbocycles. The van der Waals surface area contributed by atoms with Crippen molar-refractivity contribution in [3.63, 3.8) is 0 Å². The van der Waals surface area contributed by atoms with Crippen LogP contribution in [0.3, 0.4) is 0 Å². The molecule has 1 aromatic carbocycles. The Morgan fingerprint density at radius 3 is 2.71 bits per heavy atom. The average molecular weight is 193 g/mol. The largest absolute Gasteiger partial charge is 0.392 e. The van der Waals surface area contributed by atoms with Gasteiger partial charge >= 0.3 is 0 Å². The molecule has 0 aromatic heterocycles. The number of aliphatic hydroxyl groups is 1. The SMILES string of the molecule is OCc1ccc(C2CNCCO2)cc1. The normalized spacial score (nSPS) is 22.2. The van der Waals surface area contributed by atoms with Crippen LogP contribution in [0.2, 0.25) is 0 Å². The highest BCUT2D eigenvalue weighted by atomic mass is 16.5. The predicted octanol–water partition coefficient (Wildman–Crippen LogP) is 0.840. The number of hydrogen-bond acceptors (Lipinski definition) is 3. The van der Waals surface area contributed by atoms with E-state index in [2.05, 4.69) is 5.32 Å². The van der Waals surface area contributed by atoms with E-state index < -0.39 is 0 Å². The lowest BCUT2D eigenvalue weighted by molar-refractivity contribution is 0.0277. The molecular formula is C11H15NO2. The number of aliphatic hydroxyl groups excluding tert-OH is 1. The molecule has 0 spiro atoms. The van der Waals surface area contributed by atoms with Crippen LogP contribution in [0.1, 0.15) is 17.2 Å². The Hall–Kier alpha value is -0.900. The standard InChI is InChI=1S/C11H15NO2/c13-8-9-1-3-10(4-2-9)11-7-12-5-6-14-11/h1-4,11-13H,5-8H2. The van der Waals surface area contributed by atoms with Crippen molar-refractivity contribution in [1.82, 2.24) is 5.32 Å². The van der Waals surface area contributed by atoms with Crippen LogP contribution in [0, 0.1) is 0 Å². The van der Waals surface area contributed by atoms with Gasteiger partial charge < -0.3 is 15.2 Å². The summed E-state index contributed by atoms with van der Waals surface area (Å²) in [6, 6.07) is 7.91. The molecule has 76 valence electrons. The Labute approximate surface area is 83.7 Å². The zero-order valence-corrected chi connectivity index (χ0v) is 8.07. The van der Waals surface area contributed by atoms with Gasteiger partial charge in [-0.25, -0.2) is 0 Å². The second kappa shape index (κ2) is 4.55. The molecule has 0 bridgehead atoms. The molecule has 3 heteroatoms. The van der Waals surface area contributed by atoms with Gasteiger partial charge in [0.2, 0.25) is 0 Å². The van der Waals surface area contributed by atoms with E-state index in [4.69, 9.17) is 9.84 Å². The van der Waals surface area contributed by atoms with Gasteiger partial charge in [-0.2, -0.15) is 0 Å². The number of rotatable bonds is 2. The summed E-state index contributed by atoms with van der Waals surface area (Å²) >= 11 is 0. The summed E-state index contributed by atoms with van der Waals surface area (Å²) < 4.78 is 5.61. The minimum Gasteiger partial charge on any atom is -0.392 e. The summed E-state index contributed by atoms with van der Waals surface area (Å²) in [4.78, 5) is 0. The van der Waals surface area contributed by atoms with E-state index in [9.17, 15) is 0 Å². The van der Waals surface area contributed by atoms with Gasteiger partial charge in [0.25, 0.3) is 0 Å². The molecule has 1 atom stereocenters. The van der Waals surface area contributed by atoms with Crippen molar-refractivity contribution in [2.24, 2.45) is 0 Å². The number of benzene rings is 1. The average Bonchev–Trinajstić information content (AvgIpc) is 2.30. The highest BCUT2D eigenvalue weighted by Gasteiger charge is 2.14. The first-order valence-electron chi connectivity index (χ1n) is 4.92. The van der Waals surface area contributed by atoms with E-state index in [1.807, 2.05) is 24.3 Å². The lowest BCUT2D eigenvalue weighted by Crippen LogP contribution is -2.33. The van der Waals surface area contributed by atoms with Crippen LogP contribution in [0.4, 0.5) is 0 Å². The van der Waals surface area contributed by atoms with E-state index in [0.717, 1.165) is 25.3 Å². The van der Waals surface area contributed by atoms with E-state index in [-0.39, 0.29) is 12.7 Å². The number of nitrogens with one attached hydrogen (secondary N) is 1. The van der Waals surface area contributed by atoms with Gasteiger partial charge in [0, 0.05) is 13.1 Å². The van der Waals surface area contributed by atoms with Crippen LogP contribution in [0.15, 0.2) is 24.3 Å². The van der Waals surface area contributed by atoms with Crippen molar-refractivity contribution in [3.05, 3.63) is 35.4 Å². The third-order valence-electron chi connectivity index (χ3n) is 2.46. The Balaban J connectivity index is 2.07. The number of morpholine rings is 1. The first-order chi connectivity index (χ1) is 6.90. The van der Waals surface area contributed by atoms with Gasteiger partial charge in [0.15, 0.2) is 0 Å². The van der Waals surface area contributed by atoms with Gasteiger partial charge in [-0.15, -0.1) is 0 Å². The Morgan fingerprint density at radius 2 is 2.14 bits per heavy atom. The third kappa shape index (κ3) is 2.12. The highest BCUT2D eigenvalue weighted by molar-refractivity contribution is 5.24. The zero-order valence-electron chi connectivity index (χ0n) is 8.07. The van der Waals surface area contributed by atoms with Gasteiger partial charge in [-0.05, 0) is 11.1 Å². The van der Waals surface area contributed by atoms with Crippen LogP contribution < -0.4 is 5.32 Å².